The van der Waals surface area contributed by atoms with E-state index in [0.717, 1.165) is 68.2 Å². The summed E-state index contributed by atoms with van der Waals surface area (Å²) in [5, 5.41) is 10.9. The summed E-state index contributed by atoms with van der Waals surface area (Å²) in [6.45, 7) is 4.43. The van der Waals surface area contributed by atoms with E-state index in [1.54, 1.807) is 25.1 Å². The van der Waals surface area contributed by atoms with Gasteiger partial charge in [0.2, 0.25) is 0 Å². The van der Waals surface area contributed by atoms with Crippen LogP contribution in [-0.4, -0.2) is 54.2 Å². The summed E-state index contributed by atoms with van der Waals surface area (Å²) in [7, 11) is 0. The third-order valence-electron chi connectivity index (χ3n) is 14.2. The zero-order valence-corrected chi connectivity index (χ0v) is 46.9. The molecule has 1 saturated heterocycles. The van der Waals surface area contributed by atoms with E-state index >= 15 is 0 Å². The molecule has 9 heteroatoms. The summed E-state index contributed by atoms with van der Waals surface area (Å²) in [5.74, 6) is -0.580. The maximum absolute atomic E-state index is 13.2. The number of nitrogens with one attached hydrogen (secondary N) is 1. The number of hydrogen-bond donors (Lipinski definition) is 2. The average molecular weight is 1110 g/mol. The van der Waals surface area contributed by atoms with Crippen LogP contribution in [0, 0.1) is 0 Å². The molecule has 84 heavy (non-hydrogen) atoms. The fourth-order valence-electron chi connectivity index (χ4n) is 10.0. The molecule has 1 fully saturated rings. The summed E-state index contributed by atoms with van der Waals surface area (Å²) >= 11 is 0. The molecule has 418 valence electrons. The number of fused-ring (bicyclic) bond motifs is 2. The zero-order valence-electron chi connectivity index (χ0n) is 47.9. The predicted octanol–water partition coefficient (Wildman–Crippen LogP) is 17.2. The molecule has 2 aliphatic carbocycles. The minimum absolute atomic E-state index is 0. The molecule has 1 heterocycles. The first-order chi connectivity index (χ1) is 41.2. The lowest BCUT2D eigenvalue weighted by molar-refractivity contribution is 0.0919. The summed E-state index contributed by atoms with van der Waals surface area (Å²) in [5.41, 5.74) is 14.0. The fourth-order valence-corrected chi connectivity index (χ4v) is 10.0. The smallest absolute Gasteiger partial charge is 0.197 e. The van der Waals surface area contributed by atoms with Crippen LogP contribution < -0.4 is 15.1 Å². The number of aliphatic hydroxyl groups is 1. The lowest BCUT2D eigenvalue weighted by Crippen LogP contribution is -2.21. The van der Waals surface area contributed by atoms with E-state index in [2.05, 4.69) is 63.6 Å². The van der Waals surface area contributed by atoms with Crippen molar-refractivity contribution >= 4 is 69.6 Å². The van der Waals surface area contributed by atoms with Crippen molar-refractivity contribution in [1.82, 2.24) is 5.32 Å². The van der Waals surface area contributed by atoms with Gasteiger partial charge >= 0.3 is 0 Å². The number of aldehydes is 1. The maximum atomic E-state index is 13.2. The molecule has 0 atom stereocenters. The molecule has 0 saturated carbocycles. The van der Waals surface area contributed by atoms with Crippen molar-refractivity contribution in [1.29, 1.82) is 0 Å². The largest absolute Gasteiger partial charge is 1.00 e. The molecular formula is C75H66N3O6-. The van der Waals surface area contributed by atoms with Gasteiger partial charge in [0.1, 0.15) is 6.29 Å². The van der Waals surface area contributed by atoms with Gasteiger partial charge in [-0.3, -0.25) is 24.0 Å². The lowest BCUT2D eigenvalue weighted by atomic mass is 10.0. The van der Waals surface area contributed by atoms with Gasteiger partial charge in [0.15, 0.2) is 23.1 Å². The highest BCUT2D eigenvalue weighted by Gasteiger charge is 2.33. The zero-order chi connectivity index (χ0) is 58.5. The molecule has 9 nitrogen and oxygen atoms in total. The Morgan fingerprint density at radius 1 is 0.393 bits per heavy atom. The van der Waals surface area contributed by atoms with Gasteiger partial charge in [-0.2, -0.15) is 0 Å². The number of benzene rings is 10. The van der Waals surface area contributed by atoms with Gasteiger partial charge in [0, 0.05) is 68.5 Å². The number of ketones is 4. The number of piperidine rings is 1. The van der Waals surface area contributed by atoms with Crippen LogP contribution in [0.4, 0.5) is 34.1 Å². The van der Waals surface area contributed by atoms with Gasteiger partial charge in [-0.05, 0) is 170 Å². The van der Waals surface area contributed by atoms with Gasteiger partial charge in [-0.25, -0.2) is 0 Å². The molecule has 0 bridgehead atoms. The number of hydrogen-bond acceptors (Lipinski definition) is 9. The number of rotatable bonds is 10. The lowest BCUT2D eigenvalue weighted by Gasteiger charge is -2.25. The van der Waals surface area contributed by atoms with Gasteiger partial charge in [0.05, 0.1) is 12.0 Å². The van der Waals surface area contributed by atoms with Gasteiger partial charge in [-0.15, -0.1) is 0 Å². The van der Waals surface area contributed by atoms with Gasteiger partial charge in [-0.1, -0.05) is 170 Å². The SMILES string of the molecule is C1CCNCC1.CCO.O=C1/C(=C\c2ccc(N(c3ccccc3)c3ccccc3)cc2)C(=O)c2cc(-c3ccccc3)ccc21.O=C1CC(=O)c2cc(-c3ccccc3)ccc21.O=Cc1ccc(N(c2ccccc2)c2ccccc2)cc1.[2H-]. The number of allylic oxidation sites excluding steroid dienone is 1. The van der Waals surface area contributed by atoms with E-state index in [-0.39, 0.29) is 43.2 Å². The minimum Gasteiger partial charge on any atom is -1.00 e. The Bertz CT molecular complexity index is 3730. The standard InChI is InChI=1S/C34H23NO2.C19H15NO.C15H10O2.C5H11N.C2H6O.H/c36-33-30-21-18-26(25-10-4-1-5-11-25)23-31(30)34(37)32(33)22-24-16-19-29(20-17-24)35(27-12-6-2-7-13-27)28-14-8-3-9-15-28;21-15-16-11-13-19(14-12-16)20(17-7-3-1-4-8-17)18-9-5-2-6-10-18;16-14-9-15(17)13-8-11(6-7-12(13)14)10-4-2-1-3-5-10;1-2-4-6-5-3-1;1-2-3;/h1-23H;1-15H;1-8H,9H2;6H,1-5H2;3H,2H2,1H3;/q;;;;;-1/b32-22+;;;;;/i;;;;;1+1. The molecule has 10 aromatic rings. The van der Waals surface area contributed by atoms with E-state index < -0.39 is 0 Å². The van der Waals surface area contributed by atoms with Crippen molar-refractivity contribution in [3.05, 3.63) is 306 Å². The third-order valence-corrected chi connectivity index (χ3v) is 14.2. The van der Waals surface area contributed by atoms with Crippen LogP contribution in [0.1, 0.15) is 91.4 Å². The third kappa shape index (κ3) is 14.8. The topological polar surface area (TPSA) is 124 Å². The number of carbonyl (C=O) groups is 5. The van der Waals surface area contributed by atoms with Crippen molar-refractivity contribution in [3.63, 3.8) is 0 Å². The Balaban J connectivity index is 0.000000165. The summed E-state index contributed by atoms with van der Waals surface area (Å²) < 4.78 is 0. The molecular weight excluding hydrogens is 1040 g/mol. The van der Waals surface area contributed by atoms with Crippen LogP contribution in [0.3, 0.4) is 0 Å². The second-order valence-electron chi connectivity index (χ2n) is 19.9. The predicted molar refractivity (Wildman–Crippen MR) is 342 cm³/mol. The van der Waals surface area contributed by atoms with Gasteiger partial charge in [0.25, 0.3) is 0 Å². The summed E-state index contributed by atoms with van der Waals surface area (Å²) in [4.78, 5) is 64.6. The first-order valence-electron chi connectivity index (χ1n) is 28.3. The van der Waals surface area contributed by atoms with Crippen molar-refractivity contribution < 1.29 is 30.5 Å². The van der Waals surface area contributed by atoms with Crippen LogP contribution in [0.25, 0.3) is 28.3 Å². The number of Topliss-reactive ketones (excluding diaryl/α,β-unsaturated/α-hetero) is 4. The second-order valence-corrected chi connectivity index (χ2v) is 19.9. The molecule has 2 N–H and O–H groups in total. The molecule has 0 aromatic heterocycles. The van der Waals surface area contributed by atoms with Crippen molar-refractivity contribution in [2.75, 3.05) is 29.5 Å². The Morgan fingerprint density at radius 2 is 0.738 bits per heavy atom. The molecule has 3 aliphatic rings. The van der Waals surface area contributed by atoms with E-state index in [1.807, 2.05) is 206 Å². The monoisotopic (exact) mass is 1110 g/mol. The van der Waals surface area contributed by atoms with Crippen LogP contribution in [-0.2, 0) is 0 Å². The summed E-state index contributed by atoms with van der Waals surface area (Å²) in [6.07, 6.45) is 6.80. The van der Waals surface area contributed by atoms with E-state index in [9.17, 15) is 24.0 Å². The van der Waals surface area contributed by atoms with E-state index in [1.165, 1.54) is 32.4 Å². The number of aliphatic hydroxyl groups excluding tert-OH is 1. The second kappa shape index (κ2) is 29.5. The highest BCUT2D eigenvalue weighted by molar-refractivity contribution is 6.41. The summed E-state index contributed by atoms with van der Waals surface area (Å²) in [6, 6.07) is 86.9. The number of carbonyl (C=O) groups excluding carboxylic acids is 5. The van der Waals surface area contributed by atoms with E-state index in [4.69, 9.17) is 5.11 Å². The van der Waals surface area contributed by atoms with E-state index in [0.29, 0.717) is 27.8 Å². The molecule has 0 spiro atoms. The molecule has 0 unspecified atom stereocenters. The normalized spacial score (nSPS) is 13.2. The van der Waals surface area contributed by atoms with Crippen molar-refractivity contribution in [2.24, 2.45) is 0 Å². The Hall–Kier alpha value is -10.2. The molecule has 1 aliphatic heterocycles. The van der Waals surface area contributed by atoms with Crippen LogP contribution in [0.2, 0.25) is 0 Å². The van der Waals surface area contributed by atoms with Crippen LogP contribution >= 0.6 is 0 Å². The van der Waals surface area contributed by atoms with Crippen molar-refractivity contribution in [3.8, 4) is 22.3 Å². The molecule has 0 amide bonds. The maximum Gasteiger partial charge on any atom is 0.197 e. The number of para-hydroxylation sites is 4. The fraction of sp³-hybridized carbons (Fsp3) is 0.107. The first kappa shape index (κ1) is 58.5. The Morgan fingerprint density at radius 3 is 1.12 bits per heavy atom. The highest BCUT2D eigenvalue weighted by atomic mass is 16.2. The molecule has 13 rings (SSSR count). The highest BCUT2D eigenvalue weighted by Crippen LogP contribution is 2.37. The van der Waals surface area contributed by atoms with Gasteiger partial charge < -0.3 is 21.6 Å². The molecule has 0 radical (unpaired) electrons. The Labute approximate surface area is 493 Å². The number of anilines is 6. The number of nitrogens with zero attached hydrogens (tertiary/aromatic N) is 2. The molecule has 10 aromatic carbocycles. The Kier molecular flexibility index (Phi) is 20.5. The quantitative estimate of drug-likeness (QED) is 0.0596. The average Bonchev–Trinajstić information content (AvgIpc) is 3.82. The first-order valence-corrected chi connectivity index (χ1v) is 28.3. The van der Waals surface area contributed by atoms with Crippen LogP contribution in [0.5, 0.6) is 0 Å². The van der Waals surface area contributed by atoms with Crippen molar-refractivity contribution in [2.45, 2.75) is 32.6 Å². The van der Waals surface area contributed by atoms with Crippen LogP contribution in [0.15, 0.2) is 272 Å². The minimum atomic E-state index is -0.225.